The molecule has 4 aromatic rings. The molecule has 2 unspecified atom stereocenters. The van der Waals surface area contributed by atoms with E-state index in [9.17, 15) is 10.2 Å². The van der Waals surface area contributed by atoms with Gasteiger partial charge in [-0.25, -0.2) is 15.0 Å². The van der Waals surface area contributed by atoms with E-state index in [0.717, 1.165) is 70.3 Å². The minimum absolute atomic E-state index is 0.0479. The molecule has 16 heteroatoms. The summed E-state index contributed by atoms with van der Waals surface area (Å²) in [7, 11) is 0. The molecular weight excluding hydrogens is 657 g/mol. The average molecular weight is 697 g/mol. The molecule has 7 rings (SSSR count). The van der Waals surface area contributed by atoms with E-state index in [-0.39, 0.29) is 28.2 Å². The lowest BCUT2D eigenvalue weighted by Crippen LogP contribution is -2.27. The molecule has 2 atom stereocenters. The predicted octanol–water partition coefficient (Wildman–Crippen LogP) is 6.07. The highest BCUT2D eigenvalue weighted by Gasteiger charge is 2.34. The van der Waals surface area contributed by atoms with Gasteiger partial charge in [0.1, 0.15) is 40.8 Å². The quantitative estimate of drug-likeness (QED) is 0.185. The second-order valence-electron chi connectivity index (χ2n) is 13.0. The van der Waals surface area contributed by atoms with Crippen LogP contribution in [0.15, 0.2) is 0 Å². The van der Waals surface area contributed by atoms with Crippen molar-refractivity contribution in [2.24, 2.45) is 0 Å². The zero-order valence-corrected chi connectivity index (χ0v) is 28.8. The Balaban J connectivity index is 0.000000164. The minimum atomic E-state index is -1.16. The first-order chi connectivity index (χ1) is 21.8. The number of rotatable bonds is 5. The van der Waals surface area contributed by atoms with Crippen LogP contribution in [0.4, 0.5) is 5.82 Å². The first kappa shape index (κ1) is 33.5. The maximum atomic E-state index is 10.7. The maximum Gasteiger partial charge on any atom is 0.226 e. The summed E-state index contributed by atoms with van der Waals surface area (Å²) in [6.07, 6.45) is 7.75. The molecule has 0 bridgehead atoms. The monoisotopic (exact) mass is 695 g/mol. The normalized spacial score (nSPS) is 21.2. The lowest BCUT2D eigenvalue weighted by molar-refractivity contribution is -0.0405. The molecule has 0 spiro atoms. The first-order valence-electron chi connectivity index (χ1n) is 15.8. The Labute approximate surface area is 282 Å². The Morgan fingerprint density at radius 2 is 1.11 bits per heavy atom. The SMILES string of the molecule is CC(C)(O)c1nc2c(Cl)nc(Cl)nc2n1C1CCCCO1.CC(C)(O)c1nc2c(N3CCCC3)nc(Cl)nc2n1C1CCCCO1. The van der Waals surface area contributed by atoms with Crippen LogP contribution in [0.25, 0.3) is 22.3 Å². The Morgan fingerprint density at radius 3 is 1.59 bits per heavy atom. The number of hydrogen-bond acceptors (Lipinski definition) is 11. The van der Waals surface area contributed by atoms with Gasteiger partial charge in [0.05, 0.1) is 0 Å². The molecule has 0 aliphatic carbocycles. The third-order valence-corrected chi connectivity index (χ3v) is 8.95. The summed E-state index contributed by atoms with van der Waals surface area (Å²) in [5.41, 5.74) is -0.0203. The van der Waals surface area contributed by atoms with Gasteiger partial charge >= 0.3 is 0 Å². The molecule has 13 nitrogen and oxygen atoms in total. The summed E-state index contributed by atoms with van der Waals surface area (Å²) in [5, 5.41) is 21.5. The van der Waals surface area contributed by atoms with Crippen LogP contribution in [0.3, 0.4) is 0 Å². The fraction of sp³-hybridized carbons (Fsp3) is 0.667. The van der Waals surface area contributed by atoms with Crippen molar-refractivity contribution in [1.82, 2.24) is 39.0 Å². The molecule has 0 saturated carbocycles. The molecule has 3 saturated heterocycles. The predicted molar refractivity (Wildman–Crippen MR) is 175 cm³/mol. The van der Waals surface area contributed by atoms with Crippen molar-refractivity contribution in [3.8, 4) is 0 Å². The number of nitrogens with zero attached hydrogens (tertiary/aromatic N) is 9. The summed E-state index contributed by atoms with van der Waals surface area (Å²) >= 11 is 18.3. The molecule has 250 valence electrons. The molecule has 46 heavy (non-hydrogen) atoms. The standard InChI is InChI=1S/C17H24ClN5O2.C13H16Cl2N4O2/c1-17(2,24)15-19-12-13(22-8-4-5-9-22)20-16(18)21-14(12)23(15)11-7-3-6-10-25-11;1-13(2,20)11-16-8-9(14)17-12(15)18-10(8)19(11)7-5-3-4-6-21-7/h11,24H,3-10H2,1-2H3;7,20H,3-6H2,1-2H3. The van der Waals surface area contributed by atoms with Crippen molar-refractivity contribution >= 4 is 62.9 Å². The van der Waals surface area contributed by atoms with Crippen LogP contribution in [-0.4, -0.2) is 75.6 Å². The van der Waals surface area contributed by atoms with Crippen LogP contribution in [0, 0.1) is 0 Å². The second kappa shape index (κ2) is 13.3. The number of halogens is 3. The van der Waals surface area contributed by atoms with Gasteiger partial charge in [0.15, 0.2) is 27.8 Å². The Morgan fingerprint density at radius 1 is 0.630 bits per heavy atom. The third-order valence-electron chi connectivity index (χ3n) is 8.35. The van der Waals surface area contributed by atoms with Gasteiger partial charge in [0, 0.05) is 26.3 Å². The Bertz CT molecular complexity index is 1700. The highest BCUT2D eigenvalue weighted by molar-refractivity contribution is 6.35. The number of hydrogen-bond donors (Lipinski definition) is 2. The summed E-state index contributed by atoms with van der Waals surface area (Å²) in [4.78, 5) is 28.4. The topological polar surface area (TPSA) is 149 Å². The molecule has 3 aliphatic heterocycles. The summed E-state index contributed by atoms with van der Waals surface area (Å²) < 4.78 is 15.5. The van der Waals surface area contributed by atoms with Crippen LogP contribution >= 0.6 is 34.8 Å². The van der Waals surface area contributed by atoms with Gasteiger partial charge in [-0.2, -0.15) is 15.0 Å². The van der Waals surface area contributed by atoms with Crippen molar-refractivity contribution < 1.29 is 19.7 Å². The minimum Gasteiger partial charge on any atom is -0.383 e. The number of anilines is 1. The van der Waals surface area contributed by atoms with E-state index in [1.54, 1.807) is 32.3 Å². The molecule has 0 aromatic carbocycles. The molecule has 4 aromatic heterocycles. The van der Waals surface area contributed by atoms with E-state index < -0.39 is 11.2 Å². The molecule has 0 amide bonds. The van der Waals surface area contributed by atoms with E-state index in [1.807, 2.05) is 4.57 Å². The summed E-state index contributed by atoms with van der Waals surface area (Å²) in [6.45, 7) is 10.0. The van der Waals surface area contributed by atoms with Crippen molar-refractivity contribution in [3.05, 3.63) is 27.4 Å². The van der Waals surface area contributed by atoms with E-state index in [0.29, 0.717) is 47.2 Å². The van der Waals surface area contributed by atoms with Gasteiger partial charge in [-0.15, -0.1) is 0 Å². The fourth-order valence-electron chi connectivity index (χ4n) is 6.26. The summed E-state index contributed by atoms with van der Waals surface area (Å²) in [5.74, 6) is 1.75. The second-order valence-corrected chi connectivity index (χ2v) is 14.0. The highest BCUT2D eigenvalue weighted by Crippen LogP contribution is 2.37. The molecular formula is C30H40Cl3N9O4. The van der Waals surface area contributed by atoms with Gasteiger partial charge in [-0.1, -0.05) is 11.6 Å². The Hall–Kier alpha value is -2.39. The lowest BCUT2D eigenvalue weighted by atomic mass is 10.1. The number of ether oxygens (including phenoxy) is 2. The number of imidazole rings is 2. The number of fused-ring (bicyclic) bond motifs is 2. The molecule has 3 aliphatic rings. The van der Waals surface area contributed by atoms with Crippen molar-refractivity contribution in [2.75, 3.05) is 31.2 Å². The molecule has 7 heterocycles. The highest BCUT2D eigenvalue weighted by atomic mass is 35.5. The fourth-order valence-corrected chi connectivity index (χ4v) is 6.84. The smallest absolute Gasteiger partial charge is 0.226 e. The van der Waals surface area contributed by atoms with E-state index >= 15 is 0 Å². The van der Waals surface area contributed by atoms with Crippen LogP contribution in [0.5, 0.6) is 0 Å². The third kappa shape index (κ3) is 6.78. The maximum absolute atomic E-state index is 10.7. The van der Waals surface area contributed by atoms with E-state index in [1.165, 1.54) is 0 Å². The number of aromatic nitrogens is 8. The Kier molecular flexibility index (Phi) is 9.65. The van der Waals surface area contributed by atoms with Crippen molar-refractivity contribution in [2.45, 2.75) is 103 Å². The number of aliphatic hydroxyl groups is 2. The first-order valence-corrected chi connectivity index (χ1v) is 17.0. The van der Waals surface area contributed by atoms with E-state index in [4.69, 9.17) is 49.3 Å². The lowest BCUT2D eigenvalue weighted by Gasteiger charge is -2.28. The van der Waals surface area contributed by atoms with Crippen molar-refractivity contribution in [3.63, 3.8) is 0 Å². The van der Waals surface area contributed by atoms with Gasteiger partial charge < -0.3 is 24.6 Å². The van der Waals surface area contributed by atoms with Crippen LogP contribution < -0.4 is 4.90 Å². The van der Waals surface area contributed by atoms with Gasteiger partial charge in [0.25, 0.3) is 0 Å². The van der Waals surface area contributed by atoms with Crippen LogP contribution in [-0.2, 0) is 20.7 Å². The van der Waals surface area contributed by atoms with Gasteiger partial charge in [-0.05, 0) is 102 Å². The summed E-state index contributed by atoms with van der Waals surface area (Å²) in [6, 6.07) is 0. The zero-order valence-electron chi connectivity index (χ0n) is 26.5. The van der Waals surface area contributed by atoms with Gasteiger partial charge in [0.2, 0.25) is 10.6 Å². The van der Waals surface area contributed by atoms with Gasteiger partial charge in [-0.3, -0.25) is 9.13 Å². The molecule has 3 fully saturated rings. The molecule has 2 N–H and O–H groups in total. The van der Waals surface area contributed by atoms with Crippen molar-refractivity contribution in [1.29, 1.82) is 0 Å². The van der Waals surface area contributed by atoms with E-state index in [2.05, 4.69) is 29.8 Å². The largest absolute Gasteiger partial charge is 0.383 e. The van der Waals surface area contributed by atoms with Crippen LogP contribution in [0.2, 0.25) is 15.7 Å². The molecule has 0 radical (unpaired) electrons. The average Bonchev–Trinajstić information content (AvgIpc) is 3.75. The zero-order chi connectivity index (χ0) is 32.8. The van der Waals surface area contributed by atoms with Crippen LogP contribution in [0.1, 0.15) is 103 Å².